The van der Waals surface area contributed by atoms with Crippen molar-refractivity contribution in [3.8, 4) is 0 Å². The summed E-state index contributed by atoms with van der Waals surface area (Å²) in [5.41, 5.74) is 2.14. The van der Waals surface area contributed by atoms with E-state index in [1.165, 1.54) is 11.1 Å². The van der Waals surface area contributed by atoms with E-state index in [9.17, 15) is 4.79 Å². The predicted molar refractivity (Wildman–Crippen MR) is 88.5 cm³/mol. The van der Waals surface area contributed by atoms with E-state index in [0.29, 0.717) is 12.5 Å². The molecule has 3 nitrogen and oxygen atoms in total. The zero-order chi connectivity index (χ0) is 15.3. The van der Waals surface area contributed by atoms with Gasteiger partial charge in [-0.25, -0.2) is 0 Å². The zero-order valence-corrected chi connectivity index (χ0v) is 14.0. The lowest BCUT2D eigenvalue weighted by Crippen LogP contribution is -2.55. The number of nitrogens with one attached hydrogen (secondary N) is 1. The van der Waals surface area contributed by atoms with Gasteiger partial charge in [0.2, 0.25) is 0 Å². The Balaban J connectivity index is 1.99. The summed E-state index contributed by atoms with van der Waals surface area (Å²) in [6.45, 7) is 4.44. The number of aryl methyl sites for hydroxylation is 1. The predicted octanol–water partition coefficient (Wildman–Crippen LogP) is 3.16. The van der Waals surface area contributed by atoms with Crippen LogP contribution >= 0.6 is 11.8 Å². The van der Waals surface area contributed by atoms with Crippen LogP contribution in [0.15, 0.2) is 24.3 Å². The summed E-state index contributed by atoms with van der Waals surface area (Å²) in [7, 11) is 1.88. The highest BCUT2D eigenvalue weighted by atomic mass is 32.2. The lowest BCUT2D eigenvalue weighted by atomic mass is 9.96. The first-order valence-corrected chi connectivity index (χ1v) is 8.78. The summed E-state index contributed by atoms with van der Waals surface area (Å²) in [5, 5.41) is 3.27. The maximum Gasteiger partial charge on any atom is 0.327 e. The molecule has 1 unspecified atom stereocenters. The molecule has 2 rings (SSSR count). The van der Waals surface area contributed by atoms with Crippen LogP contribution in [0.1, 0.15) is 30.9 Å². The quantitative estimate of drug-likeness (QED) is 0.749. The summed E-state index contributed by atoms with van der Waals surface area (Å²) in [4.78, 5) is 12.4. The van der Waals surface area contributed by atoms with Gasteiger partial charge in [0.25, 0.3) is 0 Å². The molecule has 0 aromatic heterocycles. The molecular weight excluding hydrogens is 282 g/mol. The van der Waals surface area contributed by atoms with Gasteiger partial charge < -0.3 is 10.1 Å². The highest BCUT2D eigenvalue weighted by Gasteiger charge is 2.50. The third kappa shape index (κ3) is 3.80. The Kier molecular flexibility index (Phi) is 5.71. The Morgan fingerprint density at radius 3 is 2.71 bits per heavy atom. The normalized spacial score (nSPS) is 17.3. The van der Waals surface area contributed by atoms with Crippen molar-refractivity contribution >= 4 is 17.7 Å². The van der Waals surface area contributed by atoms with E-state index >= 15 is 0 Å². The highest BCUT2D eigenvalue weighted by molar-refractivity contribution is 7.98. The minimum Gasteiger partial charge on any atom is -0.465 e. The molecule has 21 heavy (non-hydrogen) atoms. The van der Waals surface area contributed by atoms with Gasteiger partial charge in [0.15, 0.2) is 0 Å². The second kappa shape index (κ2) is 7.32. The summed E-state index contributed by atoms with van der Waals surface area (Å²) >= 11 is 1.81. The number of esters is 1. The number of thioether (sulfide) groups is 1. The lowest BCUT2D eigenvalue weighted by Gasteiger charge is -2.31. The molecule has 1 aromatic rings. The first-order valence-electron chi connectivity index (χ1n) is 7.62. The molecule has 0 heterocycles. The summed E-state index contributed by atoms with van der Waals surface area (Å²) in [6, 6.07) is 8.42. The van der Waals surface area contributed by atoms with Crippen LogP contribution in [0.25, 0.3) is 0 Å². The minimum atomic E-state index is -0.511. The molecule has 1 aromatic carbocycles. The molecular formula is C17H25NO2S. The molecule has 1 aliphatic carbocycles. The fourth-order valence-electron chi connectivity index (χ4n) is 2.65. The van der Waals surface area contributed by atoms with Crippen LogP contribution in [0.5, 0.6) is 0 Å². The first-order chi connectivity index (χ1) is 10.1. The third-order valence-electron chi connectivity index (χ3n) is 4.21. The Hall–Kier alpha value is -1.00. The molecule has 0 saturated heterocycles. The second-order valence-corrected chi connectivity index (χ2v) is 6.62. The number of ether oxygens (including phenoxy) is 1. The fraction of sp³-hybridized carbons (Fsp3) is 0.588. The van der Waals surface area contributed by atoms with E-state index < -0.39 is 5.54 Å². The Labute approximate surface area is 131 Å². The van der Waals surface area contributed by atoms with Crippen molar-refractivity contribution in [1.82, 2.24) is 5.32 Å². The van der Waals surface area contributed by atoms with Gasteiger partial charge in [-0.2, -0.15) is 11.8 Å². The number of carbonyl (C=O) groups excluding carboxylic acids is 1. The van der Waals surface area contributed by atoms with Gasteiger partial charge in [-0.3, -0.25) is 4.79 Å². The largest absolute Gasteiger partial charge is 0.465 e. The minimum absolute atomic E-state index is 0.0905. The van der Waals surface area contributed by atoms with Crippen molar-refractivity contribution in [1.29, 1.82) is 0 Å². The Morgan fingerprint density at radius 2 is 2.14 bits per heavy atom. The van der Waals surface area contributed by atoms with E-state index in [-0.39, 0.29) is 5.97 Å². The van der Waals surface area contributed by atoms with Crippen LogP contribution in [0.4, 0.5) is 0 Å². The van der Waals surface area contributed by atoms with Crippen molar-refractivity contribution < 1.29 is 9.53 Å². The fourth-order valence-corrected chi connectivity index (χ4v) is 4.12. The van der Waals surface area contributed by atoms with E-state index in [4.69, 9.17) is 4.74 Å². The molecule has 116 valence electrons. The van der Waals surface area contributed by atoms with Crippen LogP contribution in [-0.2, 0) is 15.3 Å². The zero-order valence-electron chi connectivity index (χ0n) is 13.1. The molecule has 1 N–H and O–H groups in total. The van der Waals surface area contributed by atoms with E-state index in [2.05, 4.69) is 36.5 Å². The maximum atomic E-state index is 12.4. The molecule has 4 heteroatoms. The van der Waals surface area contributed by atoms with Crippen molar-refractivity contribution in [3.63, 3.8) is 0 Å². The van der Waals surface area contributed by atoms with Crippen LogP contribution in [0.2, 0.25) is 0 Å². The molecule has 0 aliphatic heterocycles. The van der Waals surface area contributed by atoms with Gasteiger partial charge in [0.1, 0.15) is 5.54 Å². The third-order valence-corrected chi connectivity index (χ3v) is 5.38. The molecule has 0 amide bonds. The van der Waals surface area contributed by atoms with E-state index in [0.717, 1.165) is 24.3 Å². The van der Waals surface area contributed by atoms with Crippen LogP contribution < -0.4 is 5.32 Å². The topological polar surface area (TPSA) is 38.3 Å². The van der Waals surface area contributed by atoms with Gasteiger partial charge in [-0.05, 0) is 50.8 Å². The van der Waals surface area contributed by atoms with Gasteiger partial charge in [0.05, 0.1) is 6.61 Å². The van der Waals surface area contributed by atoms with Crippen LogP contribution in [-0.4, -0.2) is 30.9 Å². The molecule has 0 radical (unpaired) electrons. The number of benzene rings is 1. The van der Waals surface area contributed by atoms with Gasteiger partial charge in [-0.1, -0.05) is 24.3 Å². The van der Waals surface area contributed by atoms with Crippen molar-refractivity contribution in [3.05, 3.63) is 35.4 Å². The summed E-state index contributed by atoms with van der Waals surface area (Å²) in [5.74, 6) is 2.03. The average molecular weight is 307 g/mol. The number of carbonyl (C=O) groups is 1. The SMILES string of the molecule is CCOC(=O)C(CSCc1ccccc1C)(NC)C1CC1. The lowest BCUT2D eigenvalue weighted by molar-refractivity contribution is -0.150. The molecule has 0 bridgehead atoms. The second-order valence-electron chi connectivity index (χ2n) is 5.64. The Morgan fingerprint density at radius 1 is 1.43 bits per heavy atom. The smallest absolute Gasteiger partial charge is 0.327 e. The maximum absolute atomic E-state index is 12.4. The van der Waals surface area contributed by atoms with Crippen molar-refractivity contribution in [2.45, 2.75) is 38.0 Å². The number of hydrogen-bond donors (Lipinski definition) is 1. The molecule has 1 saturated carbocycles. The Bertz CT molecular complexity index is 487. The number of likely N-dealkylation sites (N-methyl/N-ethyl adjacent to an activating group) is 1. The number of hydrogen-bond acceptors (Lipinski definition) is 4. The summed E-state index contributed by atoms with van der Waals surface area (Å²) in [6.07, 6.45) is 2.23. The summed E-state index contributed by atoms with van der Waals surface area (Å²) < 4.78 is 5.31. The first kappa shape index (κ1) is 16.4. The number of rotatable bonds is 8. The molecule has 1 atom stereocenters. The molecule has 1 aliphatic rings. The highest BCUT2D eigenvalue weighted by Crippen LogP contribution is 2.42. The average Bonchev–Trinajstić information content (AvgIpc) is 3.31. The van der Waals surface area contributed by atoms with Gasteiger partial charge in [-0.15, -0.1) is 0 Å². The monoisotopic (exact) mass is 307 g/mol. The standard InChI is InChI=1S/C17H25NO2S/c1-4-20-16(19)17(18-3,15-9-10-15)12-21-11-14-8-6-5-7-13(14)2/h5-8,15,18H,4,9-12H2,1-3H3. The molecule has 0 spiro atoms. The van der Waals surface area contributed by atoms with Gasteiger partial charge in [0, 0.05) is 11.5 Å². The van der Waals surface area contributed by atoms with Crippen LogP contribution in [0, 0.1) is 12.8 Å². The molecule has 1 fully saturated rings. The van der Waals surface area contributed by atoms with Gasteiger partial charge >= 0.3 is 5.97 Å². The van der Waals surface area contributed by atoms with Crippen molar-refractivity contribution in [2.75, 3.05) is 19.4 Å². The van der Waals surface area contributed by atoms with Crippen molar-refractivity contribution in [2.24, 2.45) is 5.92 Å². The van der Waals surface area contributed by atoms with Crippen LogP contribution in [0.3, 0.4) is 0 Å². The van der Waals surface area contributed by atoms with E-state index in [1.807, 2.05) is 25.7 Å². The van der Waals surface area contributed by atoms with E-state index in [1.54, 1.807) is 0 Å².